The fraction of sp³-hybridized carbons (Fsp3) is 0.467. The summed E-state index contributed by atoms with van der Waals surface area (Å²) in [5.41, 5.74) is 2.19. The van der Waals surface area contributed by atoms with Crippen molar-refractivity contribution >= 4 is 10.9 Å². The fourth-order valence-electron chi connectivity index (χ4n) is 2.39. The van der Waals surface area contributed by atoms with Gasteiger partial charge in [-0.05, 0) is 31.0 Å². The van der Waals surface area contributed by atoms with Gasteiger partial charge in [0, 0.05) is 42.9 Å². The van der Waals surface area contributed by atoms with Gasteiger partial charge in [0.1, 0.15) is 0 Å². The van der Waals surface area contributed by atoms with E-state index in [-0.39, 0.29) is 12.1 Å². The maximum absolute atomic E-state index is 9.16. The van der Waals surface area contributed by atoms with Crippen LogP contribution in [0.3, 0.4) is 0 Å². The predicted molar refractivity (Wildman–Crippen MR) is 77.1 cm³/mol. The molecule has 4 nitrogen and oxygen atoms in total. The van der Waals surface area contributed by atoms with Crippen molar-refractivity contribution in [1.29, 1.82) is 0 Å². The molecule has 4 heteroatoms. The van der Waals surface area contributed by atoms with Crippen LogP contribution in [0.1, 0.15) is 18.9 Å². The molecule has 0 spiro atoms. The summed E-state index contributed by atoms with van der Waals surface area (Å²) in [5, 5.41) is 13.9. The molecule has 19 heavy (non-hydrogen) atoms. The predicted octanol–water partition coefficient (Wildman–Crippen LogP) is 2.04. The summed E-state index contributed by atoms with van der Waals surface area (Å²) in [7, 11) is 1.68. The van der Waals surface area contributed by atoms with E-state index < -0.39 is 0 Å². The molecule has 0 amide bonds. The van der Waals surface area contributed by atoms with Gasteiger partial charge in [-0.25, -0.2) is 0 Å². The minimum atomic E-state index is -0.206. The molecule has 3 N–H and O–H groups in total. The summed E-state index contributed by atoms with van der Waals surface area (Å²) in [5.74, 6) is 0. The van der Waals surface area contributed by atoms with E-state index in [4.69, 9.17) is 9.84 Å². The van der Waals surface area contributed by atoms with Gasteiger partial charge in [-0.15, -0.1) is 0 Å². The third-order valence-electron chi connectivity index (χ3n) is 3.52. The van der Waals surface area contributed by atoms with Gasteiger partial charge in [0.15, 0.2) is 0 Å². The first kappa shape index (κ1) is 14.1. The van der Waals surface area contributed by atoms with E-state index in [1.807, 2.05) is 6.20 Å². The molecule has 1 heterocycles. The first-order chi connectivity index (χ1) is 9.18. The van der Waals surface area contributed by atoms with E-state index in [0.717, 1.165) is 12.1 Å². The van der Waals surface area contributed by atoms with E-state index >= 15 is 0 Å². The van der Waals surface area contributed by atoms with Crippen molar-refractivity contribution < 1.29 is 9.84 Å². The molecule has 2 rings (SSSR count). The highest BCUT2D eigenvalue weighted by Crippen LogP contribution is 2.19. The Kier molecular flexibility index (Phi) is 4.58. The molecule has 0 saturated heterocycles. The topological polar surface area (TPSA) is 57.3 Å². The van der Waals surface area contributed by atoms with Crippen molar-refractivity contribution in [3.8, 4) is 0 Å². The van der Waals surface area contributed by atoms with Crippen LogP contribution in [-0.4, -0.2) is 36.0 Å². The Morgan fingerprint density at radius 2 is 2.21 bits per heavy atom. The van der Waals surface area contributed by atoms with Crippen LogP contribution in [0.5, 0.6) is 0 Å². The van der Waals surface area contributed by atoms with E-state index in [1.165, 1.54) is 10.9 Å². The molecule has 0 aliphatic heterocycles. The smallest absolute Gasteiger partial charge is 0.0642 e. The Bertz CT molecular complexity index is 516. The van der Waals surface area contributed by atoms with E-state index in [2.05, 4.69) is 41.5 Å². The molecule has 0 saturated carbocycles. The molecule has 104 valence electrons. The maximum atomic E-state index is 9.16. The Morgan fingerprint density at radius 3 is 2.95 bits per heavy atom. The molecule has 0 aliphatic rings. The number of aliphatic hydroxyl groups excluding tert-OH is 1. The maximum Gasteiger partial charge on any atom is 0.0642 e. The lowest BCUT2D eigenvalue weighted by Gasteiger charge is -2.29. The van der Waals surface area contributed by atoms with Gasteiger partial charge in [0.2, 0.25) is 0 Å². The molecule has 0 aliphatic carbocycles. The second-order valence-corrected chi connectivity index (χ2v) is 5.18. The van der Waals surface area contributed by atoms with Gasteiger partial charge in [-0.2, -0.15) is 0 Å². The van der Waals surface area contributed by atoms with Crippen molar-refractivity contribution in [3.05, 3.63) is 36.0 Å². The number of aromatic nitrogens is 1. The van der Waals surface area contributed by atoms with Crippen molar-refractivity contribution in [2.75, 3.05) is 20.3 Å². The lowest BCUT2D eigenvalue weighted by Crippen LogP contribution is -2.46. The summed E-state index contributed by atoms with van der Waals surface area (Å²) in [6, 6.07) is 8.33. The number of H-pyrrole nitrogens is 1. The Morgan fingerprint density at radius 1 is 1.37 bits per heavy atom. The first-order valence-corrected chi connectivity index (χ1v) is 6.58. The van der Waals surface area contributed by atoms with Gasteiger partial charge in [-0.3, -0.25) is 0 Å². The van der Waals surface area contributed by atoms with Crippen molar-refractivity contribution in [2.45, 2.75) is 25.4 Å². The highest BCUT2D eigenvalue weighted by atomic mass is 16.5. The fourth-order valence-corrected chi connectivity index (χ4v) is 2.39. The standard InChI is InChI=1S/C15H22N2O2/c1-15(7-9-18,11-19-2)17-10-12-4-3-5-14-13(12)6-8-16-14/h3-6,8,16-18H,7,9-11H2,1-2H3. The van der Waals surface area contributed by atoms with Crippen molar-refractivity contribution in [3.63, 3.8) is 0 Å². The molecule has 0 radical (unpaired) electrons. The van der Waals surface area contributed by atoms with Crippen LogP contribution < -0.4 is 5.32 Å². The van der Waals surface area contributed by atoms with Crippen LogP contribution in [-0.2, 0) is 11.3 Å². The molecule has 0 bridgehead atoms. The van der Waals surface area contributed by atoms with Crippen molar-refractivity contribution in [2.24, 2.45) is 0 Å². The minimum Gasteiger partial charge on any atom is -0.396 e. The average Bonchev–Trinajstić information content (AvgIpc) is 2.85. The largest absolute Gasteiger partial charge is 0.396 e. The second-order valence-electron chi connectivity index (χ2n) is 5.18. The van der Waals surface area contributed by atoms with E-state index in [9.17, 15) is 0 Å². The lowest BCUT2D eigenvalue weighted by molar-refractivity contribution is 0.0970. The Balaban J connectivity index is 2.10. The number of nitrogens with one attached hydrogen (secondary N) is 2. The van der Waals surface area contributed by atoms with Gasteiger partial charge >= 0.3 is 0 Å². The number of hydrogen-bond acceptors (Lipinski definition) is 3. The zero-order chi connectivity index (χ0) is 13.7. The monoisotopic (exact) mass is 262 g/mol. The molecule has 1 atom stereocenters. The molecule has 2 aromatic rings. The molecule has 0 fully saturated rings. The van der Waals surface area contributed by atoms with E-state index in [0.29, 0.717) is 13.0 Å². The third-order valence-corrected chi connectivity index (χ3v) is 3.52. The summed E-state index contributed by atoms with van der Waals surface area (Å²) < 4.78 is 5.24. The normalized spacial score (nSPS) is 14.7. The Labute approximate surface area is 113 Å². The first-order valence-electron chi connectivity index (χ1n) is 6.58. The molecular formula is C15H22N2O2. The minimum absolute atomic E-state index is 0.154. The number of fused-ring (bicyclic) bond motifs is 1. The zero-order valence-corrected chi connectivity index (χ0v) is 11.6. The summed E-state index contributed by atoms with van der Waals surface area (Å²) in [6.07, 6.45) is 2.63. The quantitative estimate of drug-likeness (QED) is 0.715. The molecule has 1 aromatic carbocycles. The van der Waals surface area contributed by atoms with Gasteiger partial charge in [0.25, 0.3) is 0 Å². The molecular weight excluding hydrogens is 240 g/mol. The third kappa shape index (κ3) is 3.35. The van der Waals surface area contributed by atoms with Crippen LogP contribution in [0.25, 0.3) is 10.9 Å². The number of ether oxygens (including phenoxy) is 1. The molecule has 1 unspecified atom stereocenters. The summed E-state index contributed by atoms with van der Waals surface area (Å²) >= 11 is 0. The van der Waals surface area contributed by atoms with Crippen LogP contribution in [0.4, 0.5) is 0 Å². The van der Waals surface area contributed by atoms with Crippen LogP contribution in [0.2, 0.25) is 0 Å². The number of rotatable bonds is 7. The summed E-state index contributed by atoms with van der Waals surface area (Å²) in [4.78, 5) is 3.21. The highest BCUT2D eigenvalue weighted by Gasteiger charge is 2.23. The van der Waals surface area contributed by atoms with Crippen LogP contribution >= 0.6 is 0 Å². The van der Waals surface area contributed by atoms with Crippen LogP contribution in [0, 0.1) is 0 Å². The number of aromatic amines is 1. The van der Waals surface area contributed by atoms with Gasteiger partial charge in [0.05, 0.1) is 6.61 Å². The van der Waals surface area contributed by atoms with Crippen molar-refractivity contribution in [1.82, 2.24) is 10.3 Å². The second kappa shape index (κ2) is 6.19. The molecule has 1 aromatic heterocycles. The zero-order valence-electron chi connectivity index (χ0n) is 11.6. The SMILES string of the molecule is COCC(C)(CCO)NCc1cccc2[nH]ccc12. The highest BCUT2D eigenvalue weighted by molar-refractivity contribution is 5.82. The average molecular weight is 262 g/mol. The van der Waals surface area contributed by atoms with Gasteiger partial charge < -0.3 is 20.1 Å². The number of aliphatic hydroxyl groups is 1. The lowest BCUT2D eigenvalue weighted by atomic mass is 9.98. The number of methoxy groups -OCH3 is 1. The number of benzene rings is 1. The Hall–Kier alpha value is -1.36. The van der Waals surface area contributed by atoms with E-state index in [1.54, 1.807) is 7.11 Å². The van der Waals surface area contributed by atoms with Gasteiger partial charge in [-0.1, -0.05) is 12.1 Å². The van der Waals surface area contributed by atoms with Crippen LogP contribution in [0.15, 0.2) is 30.5 Å². The summed E-state index contributed by atoms with van der Waals surface area (Å²) in [6.45, 7) is 3.57. The number of hydrogen-bond donors (Lipinski definition) is 3.